The number of aromatic carboxylic acids is 1. The summed E-state index contributed by atoms with van der Waals surface area (Å²) in [5.41, 5.74) is 0.0106. The summed E-state index contributed by atoms with van der Waals surface area (Å²) in [6.07, 6.45) is 0. The summed E-state index contributed by atoms with van der Waals surface area (Å²) in [4.78, 5) is 22.3. The third-order valence-corrected chi connectivity index (χ3v) is 3.82. The van der Waals surface area contributed by atoms with E-state index in [0.29, 0.717) is 9.79 Å². The van der Waals surface area contributed by atoms with E-state index in [1.54, 1.807) is 24.3 Å². The summed E-state index contributed by atoms with van der Waals surface area (Å²) < 4.78 is 0. The molecule has 0 unspecified atom stereocenters. The van der Waals surface area contributed by atoms with Crippen LogP contribution in [0, 0.1) is 10.1 Å². The van der Waals surface area contributed by atoms with Gasteiger partial charge in [0.25, 0.3) is 0 Å². The molecule has 1 N–H and O–H groups in total. The molecule has 0 atom stereocenters. The average Bonchev–Trinajstić information content (AvgIpc) is 2.39. The number of para-hydroxylation sites is 1. The van der Waals surface area contributed by atoms with E-state index in [9.17, 15) is 14.9 Å². The Morgan fingerprint density at radius 1 is 1.20 bits per heavy atom. The number of benzene rings is 2. The molecule has 2 aromatic rings. The first kappa shape index (κ1) is 14.4. The van der Waals surface area contributed by atoms with E-state index in [4.69, 9.17) is 16.7 Å². The number of carbonyl (C=O) groups is 1. The van der Waals surface area contributed by atoms with Gasteiger partial charge in [-0.25, -0.2) is 4.79 Å². The summed E-state index contributed by atoms with van der Waals surface area (Å²) in [7, 11) is 0. The van der Waals surface area contributed by atoms with Gasteiger partial charge < -0.3 is 5.11 Å². The minimum Gasteiger partial charge on any atom is -0.478 e. The summed E-state index contributed by atoms with van der Waals surface area (Å²) >= 11 is 6.98. The molecule has 2 rings (SSSR count). The number of nitrogens with zero attached hydrogens (tertiary/aromatic N) is 1. The Labute approximate surface area is 123 Å². The molecule has 0 aliphatic carbocycles. The molecule has 0 bridgehead atoms. The molecule has 0 heterocycles. The van der Waals surface area contributed by atoms with Crippen molar-refractivity contribution in [2.45, 2.75) is 9.79 Å². The van der Waals surface area contributed by atoms with Gasteiger partial charge in [0, 0.05) is 4.90 Å². The molecule has 7 heteroatoms. The molecule has 0 saturated carbocycles. The number of carboxylic acid groups (broad SMARTS) is 1. The smallest absolute Gasteiger partial charge is 0.335 e. The predicted molar refractivity (Wildman–Crippen MR) is 75.6 cm³/mol. The topological polar surface area (TPSA) is 80.4 Å². The van der Waals surface area contributed by atoms with Crippen LogP contribution in [-0.2, 0) is 0 Å². The Kier molecular flexibility index (Phi) is 4.26. The minimum absolute atomic E-state index is 0.0714. The Morgan fingerprint density at radius 2 is 1.85 bits per heavy atom. The van der Waals surface area contributed by atoms with Crippen LogP contribution in [0.15, 0.2) is 52.3 Å². The van der Waals surface area contributed by atoms with Crippen molar-refractivity contribution in [3.8, 4) is 0 Å². The first-order valence-electron chi connectivity index (χ1n) is 5.43. The van der Waals surface area contributed by atoms with Gasteiger partial charge in [0.1, 0.15) is 5.02 Å². The van der Waals surface area contributed by atoms with Gasteiger partial charge in [-0.2, -0.15) is 0 Å². The van der Waals surface area contributed by atoms with Crippen LogP contribution in [-0.4, -0.2) is 16.0 Å². The molecular weight excluding hydrogens is 302 g/mol. The number of hydrogen-bond acceptors (Lipinski definition) is 4. The van der Waals surface area contributed by atoms with E-state index in [0.717, 1.165) is 11.8 Å². The minimum atomic E-state index is -1.02. The van der Waals surface area contributed by atoms with Crippen LogP contribution in [0.2, 0.25) is 5.02 Å². The fraction of sp³-hybridized carbons (Fsp3) is 0. The van der Waals surface area contributed by atoms with Crippen molar-refractivity contribution in [3.63, 3.8) is 0 Å². The molecule has 5 nitrogen and oxygen atoms in total. The number of rotatable bonds is 4. The zero-order valence-corrected chi connectivity index (χ0v) is 11.5. The van der Waals surface area contributed by atoms with E-state index < -0.39 is 10.9 Å². The van der Waals surface area contributed by atoms with Gasteiger partial charge in [-0.1, -0.05) is 29.4 Å². The van der Waals surface area contributed by atoms with Crippen LogP contribution in [0.5, 0.6) is 0 Å². The zero-order valence-electron chi connectivity index (χ0n) is 9.95. The SMILES string of the molecule is O=C(O)c1ccc(Sc2cccc(Cl)c2[N+](=O)[O-])cc1. The van der Waals surface area contributed by atoms with Gasteiger partial charge in [-0.05, 0) is 36.4 Å². The van der Waals surface area contributed by atoms with E-state index >= 15 is 0 Å². The molecule has 0 spiro atoms. The molecule has 0 fully saturated rings. The molecule has 0 aromatic heterocycles. The molecule has 102 valence electrons. The lowest BCUT2D eigenvalue weighted by atomic mass is 10.2. The van der Waals surface area contributed by atoms with Crippen molar-refractivity contribution >= 4 is 35.0 Å². The van der Waals surface area contributed by atoms with E-state index in [2.05, 4.69) is 0 Å². The lowest BCUT2D eigenvalue weighted by molar-refractivity contribution is -0.387. The fourth-order valence-corrected chi connectivity index (χ4v) is 2.80. The van der Waals surface area contributed by atoms with Crippen molar-refractivity contribution in [3.05, 3.63) is 63.2 Å². The summed E-state index contributed by atoms with van der Waals surface area (Å²) in [5, 5.41) is 19.9. The number of nitro benzene ring substituents is 1. The molecular formula is C13H8ClNO4S. The summed E-state index contributed by atoms with van der Waals surface area (Å²) in [5.74, 6) is -1.02. The normalized spacial score (nSPS) is 10.2. The van der Waals surface area contributed by atoms with Crippen LogP contribution >= 0.6 is 23.4 Å². The predicted octanol–water partition coefficient (Wildman–Crippen LogP) is 4.10. The second kappa shape index (κ2) is 5.94. The molecule has 20 heavy (non-hydrogen) atoms. The second-order valence-corrected chi connectivity index (χ2v) is 5.30. The average molecular weight is 310 g/mol. The number of hydrogen-bond donors (Lipinski definition) is 1. The highest BCUT2D eigenvalue weighted by Gasteiger charge is 2.19. The van der Waals surface area contributed by atoms with Gasteiger partial charge in [0.05, 0.1) is 15.4 Å². The Morgan fingerprint density at radius 3 is 2.40 bits per heavy atom. The van der Waals surface area contributed by atoms with Gasteiger partial charge in [0.15, 0.2) is 0 Å². The summed E-state index contributed by atoms with van der Waals surface area (Å²) in [6, 6.07) is 10.8. The maximum atomic E-state index is 11.0. The fourth-order valence-electron chi connectivity index (χ4n) is 1.55. The van der Waals surface area contributed by atoms with E-state index in [1.807, 2.05) is 0 Å². The van der Waals surface area contributed by atoms with Gasteiger partial charge in [0.2, 0.25) is 0 Å². The maximum Gasteiger partial charge on any atom is 0.335 e. The van der Waals surface area contributed by atoms with Gasteiger partial charge >= 0.3 is 11.7 Å². The Balaban J connectivity index is 2.33. The third-order valence-electron chi connectivity index (χ3n) is 2.46. The first-order valence-corrected chi connectivity index (χ1v) is 6.62. The van der Waals surface area contributed by atoms with Crippen LogP contribution in [0.4, 0.5) is 5.69 Å². The van der Waals surface area contributed by atoms with Crippen molar-refractivity contribution < 1.29 is 14.8 Å². The van der Waals surface area contributed by atoms with Gasteiger partial charge in [-0.3, -0.25) is 10.1 Å². The highest BCUT2D eigenvalue weighted by molar-refractivity contribution is 7.99. The third kappa shape index (κ3) is 3.09. The molecule has 2 aromatic carbocycles. The molecule has 0 aliphatic heterocycles. The molecule has 0 aliphatic rings. The van der Waals surface area contributed by atoms with Crippen molar-refractivity contribution in [2.75, 3.05) is 0 Å². The number of carboxylic acids is 1. The van der Waals surface area contributed by atoms with E-state index in [1.165, 1.54) is 18.2 Å². The maximum absolute atomic E-state index is 11.0. The van der Waals surface area contributed by atoms with Crippen molar-refractivity contribution in [2.24, 2.45) is 0 Å². The molecule has 0 radical (unpaired) electrons. The largest absolute Gasteiger partial charge is 0.478 e. The monoisotopic (exact) mass is 309 g/mol. The standard InChI is InChI=1S/C13H8ClNO4S/c14-10-2-1-3-11(12(10)15(18)19)20-9-6-4-8(5-7-9)13(16)17/h1-7H,(H,16,17). The lowest BCUT2D eigenvalue weighted by Gasteiger charge is -2.04. The number of nitro groups is 1. The van der Waals surface area contributed by atoms with Crippen LogP contribution in [0.25, 0.3) is 0 Å². The first-order chi connectivity index (χ1) is 9.49. The second-order valence-electron chi connectivity index (χ2n) is 3.78. The van der Waals surface area contributed by atoms with Crippen LogP contribution in [0.3, 0.4) is 0 Å². The zero-order chi connectivity index (χ0) is 14.7. The quantitative estimate of drug-likeness (QED) is 0.679. The van der Waals surface area contributed by atoms with Crippen molar-refractivity contribution in [1.82, 2.24) is 0 Å². The Hall–Kier alpha value is -2.05. The molecule has 0 saturated heterocycles. The molecule has 0 amide bonds. The van der Waals surface area contributed by atoms with Crippen LogP contribution < -0.4 is 0 Å². The lowest BCUT2D eigenvalue weighted by Crippen LogP contribution is -1.95. The van der Waals surface area contributed by atoms with Crippen molar-refractivity contribution in [1.29, 1.82) is 0 Å². The highest BCUT2D eigenvalue weighted by atomic mass is 35.5. The summed E-state index contributed by atoms with van der Waals surface area (Å²) in [6.45, 7) is 0. The highest BCUT2D eigenvalue weighted by Crippen LogP contribution is 2.38. The Bertz CT molecular complexity index is 673. The van der Waals surface area contributed by atoms with E-state index in [-0.39, 0.29) is 16.3 Å². The van der Waals surface area contributed by atoms with Crippen LogP contribution in [0.1, 0.15) is 10.4 Å². The van der Waals surface area contributed by atoms with Gasteiger partial charge in [-0.15, -0.1) is 0 Å². The number of halogens is 1.